The molecule has 1 aromatic rings. The molecule has 0 saturated heterocycles. The van der Waals surface area contributed by atoms with E-state index in [9.17, 15) is 18.8 Å². The Morgan fingerprint density at radius 3 is 2.48 bits per heavy atom. The normalized spacial score (nSPS) is 11.5. The first-order chi connectivity index (χ1) is 9.81. The summed E-state index contributed by atoms with van der Waals surface area (Å²) in [6, 6.07) is 1.93. The monoisotopic (exact) mass is 298 g/mol. The molecule has 21 heavy (non-hydrogen) atoms. The fourth-order valence-electron chi connectivity index (χ4n) is 1.62. The van der Waals surface area contributed by atoms with Crippen LogP contribution in [0.4, 0.5) is 14.9 Å². The van der Waals surface area contributed by atoms with Gasteiger partial charge in [0.15, 0.2) is 0 Å². The first kappa shape index (κ1) is 16.4. The van der Waals surface area contributed by atoms with Crippen molar-refractivity contribution in [2.45, 2.75) is 25.8 Å². The van der Waals surface area contributed by atoms with Gasteiger partial charge < -0.3 is 20.8 Å². The maximum Gasteiger partial charge on any atom is 0.326 e. The van der Waals surface area contributed by atoms with E-state index in [4.69, 9.17) is 10.2 Å². The smallest absolute Gasteiger partial charge is 0.326 e. The number of amides is 2. The standard InChI is InChI=1S/C13H15FN2O5/c1-7-3-2-4-8(14)11(7)16-13(21)15-9(12(19)20)5-6-10(17)18/h2-4,9H,5-6H2,1H3,(H,17,18)(H,19,20)(H2,15,16,21)/t9-/m0/s1. The molecule has 2 amide bonds. The van der Waals surface area contributed by atoms with Crippen molar-refractivity contribution in [3.8, 4) is 0 Å². The van der Waals surface area contributed by atoms with E-state index in [0.717, 1.165) is 6.07 Å². The molecule has 0 spiro atoms. The average Bonchev–Trinajstić information content (AvgIpc) is 2.38. The molecule has 0 aliphatic rings. The number of urea groups is 1. The van der Waals surface area contributed by atoms with Gasteiger partial charge in [-0.2, -0.15) is 0 Å². The van der Waals surface area contributed by atoms with Crippen molar-refractivity contribution in [3.05, 3.63) is 29.6 Å². The minimum Gasteiger partial charge on any atom is -0.481 e. The quantitative estimate of drug-likeness (QED) is 0.636. The van der Waals surface area contributed by atoms with Gasteiger partial charge in [-0.1, -0.05) is 12.1 Å². The van der Waals surface area contributed by atoms with Crippen molar-refractivity contribution in [3.63, 3.8) is 0 Å². The molecule has 1 aromatic carbocycles. The summed E-state index contributed by atoms with van der Waals surface area (Å²) in [7, 11) is 0. The second-order valence-corrected chi connectivity index (χ2v) is 4.35. The van der Waals surface area contributed by atoms with Crippen LogP contribution in [0.25, 0.3) is 0 Å². The highest BCUT2D eigenvalue weighted by molar-refractivity contribution is 5.93. The van der Waals surface area contributed by atoms with Gasteiger partial charge in [-0.15, -0.1) is 0 Å². The molecule has 0 heterocycles. The van der Waals surface area contributed by atoms with Crippen LogP contribution in [0.1, 0.15) is 18.4 Å². The fourth-order valence-corrected chi connectivity index (χ4v) is 1.62. The zero-order valence-electron chi connectivity index (χ0n) is 11.2. The molecule has 0 aliphatic carbocycles. The largest absolute Gasteiger partial charge is 0.481 e. The van der Waals surface area contributed by atoms with E-state index < -0.39 is 36.2 Å². The Morgan fingerprint density at radius 2 is 1.95 bits per heavy atom. The Morgan fingerprint density at radius 1 is 1.29 bits per heavy atom. The Labute approximate surface area is 119 Å². The third-order valence-corrected chi connectivity index (χ3v) is 2.71. The maximum absolute atomic E-state index is 13.5. The highest BCUT2D eigenvalue weighted by atomic mass is 19.1. The number of para-hydroxylation sites is 1. The molecule has 0 unspecified atom stereocenters. The number of benzene rings is 1. The Hall–Kier alpha value is -2.64. The number of aliphatic carboxylic acids is 2. The average molecular weight is 298 g/mol. The van der Waals surface area contributed by atoms with Gasteiger partial charge in [0.1, 0.15) is 11.9 Å². The van der Waals surface area contributed by atoms with Crippen LogP contribution in [0, 0.1) is 12.7 Å². The molecule has 0 saturated carbocycles. The summed E-state index contributed by atoms with van der Waals surface area (Å²) >= 11 is 0. The summed E-state index contributed by atoms with van der Waals surface area (Å²) in [5.41, 5.74) is 0.417. The number of rotatable bonds is 6. The van der Waals surface area contributed by atoms with Crippen LogP contribution in [0.3, 0.4) is 0 Å². The molecule has 114 valence electrons. The molecule has 1 rings (SSSR count). The van der Waals surface area contributed by atoms with Crippen molar-refractivity contribution in [1.29, 1.82) is 0 Å². The van der Waals surface area contributed by atoms with Crippen LogP contribution >= 0.6 is 0 Å². The fraction of sp³-hybridized carbons (Fsp3) is 0.308. The molecule has 0 aromatic heterocycles. The number of carbonyl (C=O) groups excluding carboxylic acids is 1. The van der Waals surface area contributed by atoms with Gasteiger partial charge in [0, 0.05) is 6.42 Å². The second kappa shape index (κ2) is 7.22. The molecular weight excluding hydrogens is 283 g/mol. The topological polar surface area (TPSA) is 116 Å². The molecule has 4 N–H and O–H groups in total. The van der Waals surface area contributed by atoms with Crippen LogP contribution in [0.15, 0.2) is 18.2 Å². The summed E-state index contributed by atoms with van der Waals surface area (Å²) in [5.74, 6) is -3.19. The lowest BCUT2D eigenvalue weighted by molar-refractivity contribution is -0.140. The molecule has 7 nitrogen and oxygen atoms in total. The number of carbonyl (C=O) groups is 3. The maximum atomic E-state index is 13.5. The molecule has 1 atom stereocenters. The van der Waals surface area contributed by atoms with Gasteiger partial charge in [0.25, 0.3) is 0 Å². The third-order valence-electron chi connectivity index (χ3n) is 2.71. The minimum atomic E-state index is -1.37. The van der Waals surface area contributed by atoms with E-state index in [1.807, 2.05) is 0 Å². The Balaban J connectivity index is 2.70. The number of halogens is 1. The summed E-state index contributed by atoms with van der Waals surface area (Å²) < 4.78 is 13.5. The number of hydrogen-bond acceptors (Lipinski definition) is 3. The molecule has 0 bridgehead atoms. The van der Waals surface area contributed by atoms with E-state index in [-0.39, 0.29) is 12.1 Å². The summed E-state index contributed by atoms with van der Waals surface area (Å²) in [6.07, 6.45) is -0.676. The summed E-state index contributed by atoms with van der Waals surface area (Å²) in [6.45, 7) is 1.58. The number of carboxylic acids is 2. The van der Waals surface area contributed by atoms with E-state index in [0.29, 0.717) is 5.56 Å². The van der Waals surface area contributed by atoms with E-state index >= 15 is 0 Å². The molecule has 0 aliphatic heterocycles. The minimum absolute atomic E-state index is 0.0580. The van der Waals surface area contributed by atoms with Crippen molar-refractivity contribution in [2.24, 2.45) is 0 Å². The second-order valence-electron chi connectivity index (χ2n) is 4.35. The number of aryl methyl sites for hydroxylation is 1. The van der Waals surface area contributed by atoms with Gasteiger partial charge in [-0.25, -0.2) is 14.0 Å². The highest BCUT2D eigenvalue weighted by Gasteiger charge is 2.21. The van der Waals surface area contributed by atoms with Crippen LogP contribution in [-0.2, 0) is 9.59 Å². The van der Waals surface area contributed by atoms with Crippen LogP contribution in [0.2, 0.25) is 0 Å². The summed E-state index contributed by atoms with van der Waals surface area (Å²) in [4.78, 5) is 33.0. The summed E-state index contributed by atoms with van der Waals surface area (Å²) in [5, 5.41) is 21.7. The van der Waals surface area contributed by atoms with E-state index in [1.54, 1.807) is 13.0 Å². The SMILES string of the molecule is Cc1cccc(F)c1NC(=O)N[C@@H](CCC(=O)O)C(=O)O. The first-order valence-electron chi connectivity index (χ1n) is 6.08. The number of anilines is 1. The van der Waals surface area contributed by atoms with Crippen molar-refractivity contribution >= 4 is 23.7 Å². The Bertz CT molecular complexity index is 541. The predicted molar refractivity (Wildman–Crippen MR) is 71.6 cm³/mol. The lowest BCUT2D eigenvalue weighted by Gasteiger charge is -2.15. The molecule has 0 fully saturated rings. The van der Waals surface area contributed by atoms with E-state index in [1.165, 1.54) is 6.07 Å². The van der Waals surface area contributed by atoms with E-state index in [2.05, 4.69) is 10.6 Å². The Kier molecular flexibility index (Phi) is 5.65. The number of hydrogen-bond donors (Lipinski definition) is 4. The first-order valence-corrected chi connectivity index (χ1v) is 6.08. The van der Waals surface area contributed by atoms with Crippen molar-refractivity contribution in [1.82, 2.24) is 5.32 Å². The zero-order valence-corrected chi connectivity index (χ0v) is 11.2. The molecule has 0 radical (unpaired) electrons. The van der Waals surface area contributed by atoms with Gasteiger partial charge in [-0.05, 0) is 25.0 Å². The van der Waals surface area contributed by atoms with Crippen LogP contribution < -0.4 is 10.6 Å². The predicted octanol–water partition coefficient (Wildman–Crippen LogP) is 1.57. The molecule has 8 heteroatoms. The van der Waals surface area contributed by atoms with Crippen LogP contribution in [0.5, 0.6) is 0 Å². The highest BCUT2D eigenvalue weighted by Crippen LogP contribution is 2.18. The number of nitrogens with one attached hydrogen (secondary N) is 2. The third kappa shape index (κ3) is 5.09. The molecular formula is C13H15FN2O5. The van der Waals surface area contributed by atoms with Gasteiger partial charge >= 0.3 is 18.0 Å². The van der Waals surface area contributed by atoms with Crippen molar-refractivity contribution in [2.75, 3.05) is 5.32 Å². The lowest BCUT2D eigenvalue weighted by atomic mass is 10.1. The van der Waals surface area contributed by atoms with Crippen LogP contribution in [-0.4, -0.2) is 34.2 Å². The van der Waals surface area contributed by atoms with Gasteiger partial charge in [0.2, 0.25) is 0 Å². The van der Waals surface area contributed by atoms with Crippen molar-refractivity contribution < 1.29 is 29.0 Å². The zero-order chi connectivity index (χ0) is 16.0. The van der Waals surface area contributed by atoms with Gasteiger partial charge in [0.05, 0.1) is 5.69 Å². The number of carboxylic acid groups (broad SMARTS) is 2. The van der Waals surface area contributed by atoms with Gasteiger partial charge in [-0.3, -0.25) is 4.79 Å². The lowest BCUT2D eigenvalue weighted by Crippen LogP contribution is -2.43.